The lowest BCUT2D eigenvalue weighted by molar-refractivity contribution is 0.272. The monoisotopic (exact) mass is 180 g/mol. The molecule has 2 nitrogen and oxygen atoms in total. The second kappa shape index (κ2) is 4.11. The molecule has 1 aliphatic carbocycles. The minimum absolute atomic E-state index is 0.0439. The molecule has 0 bridgehead atoms. The Morgan fingerprint density at radius 1 is 1.62 bits per heavy atom. The topological polar surface area (TPSA) is 35.8 Å². The predicted molar refractivity (Wildman–Crippen MR) is 54.2 cm³/mol. The summed E-state index contributed by atoms with van der Waals surface area (Å²) in [6.07, 6.45) is 4.72. The average Bonchev–Trinajstić information content (AvgIpc) is 2.41. The van der Waals surface area contributed by atoms with E-state index in [0.717, 1.165) is 6.42 Å². The summed E-state index contributed by atoms with van der Waals surface area (Å²) < 4.78 is 0. The van der Waals surface area contributed by atoms with E-state index in [1.807, 2.05) is 0 Å². The van der Waals surface area contributed by atoms with Gasteiger partial charge in [-0.15, -0.1) is 0 Å². The Hall–Kier alpha value is -0.550. The van der Waals surface area contributed by atoms with Crippen LogP contribution in [0.5, 0.6) is 0 Å². The van der Waals surface area contributed by atoms with E-state index in [2.05, 4.69) is 32.2 Å². The molecule has 2 heteroatoms. The van der Waals surface area contributed by atoms with Crippen molar-refractivity contribution in [2.24, 2.45) is 5.41 Å². The van der Waals surface area contributed by atoms with Crippen molar-refractivity contribution in [1.29, 1.82) is 5.26 Å². The second-order valence-corrected chi connectivity index (χ2v) is 4.69. The summed E-state index contributed by atoms with van der Waals surface area (Å²) in [5, 5.41) is 12.3. The van der Waals surface area contributed by atoms with E-state index in [4.69, 9.17) is 5.26 Å². The molecule has 0 aromatic rings. The molecule has 0 amide bonds. The zero-order chi connectivity index (χ0) is 9.90. The summed E-state index contributed by atoms with van der Waals surface area (Å²) >= 11 is 0. The fraction of sp³-hybridized carbons (Fsp3) is 0.909. The van der Waals surface area contributed by atoms with Crippen LogP contribution in [0.1, 0.15) is 46.5 Å². The highest BCUT2D eigenvalue weighted by Gasteiger charge is 2.35. The first kappa shape index (κ1) is 10.5. The van der Waals surface area contributed by atoms with Gasteiger partial charge in [0.1, 0.15) is 0 Å². The molecule has 0 saturated heterocycles. The van der Waals surface area contributed by atoms with Crippen molar-refractivity contribution in [3.8, 4) is 6.07 Å². The van der Waals surface area contributed by atoms with Crippen LogP contribution in [0.2, 0.25) is 0 Å². The fourth-order valence-electron chi connectivity index (χ4n) is 2.12. The Balaban J connectivity index is 2.49. The van der Waals surface area contributed by atoms with E-state index in [1.54, 1.807) is 0 Å². The number of nitrogens with one attached hydrogen (secondary N) is 1. The summed E-state index contributed by atoms with van der Waals surface area (Å²) in [4.78, 5) is 0. The Morgan fingerprint density at radius 2 is 2.31 bits per heavy atom. The van der Waals surface area contributed by atoms with Gasteiger partial charge in [-0.05, 0) is 24.7 Å². The largest absolute Gasteiger partial charge is 0.299 e. The van der Waals surface area contributed by atoms with Crippen LogP contribution in [-0.4, -0.2) is 12.1 Å². The molecule has 2 unspecified atom stereocenters. The molecule has 1 saturated carbocycles. The third-order valence-corrected chi connectivity index (χ3v) is 3.22. The lowest BCUT2D eigenvalue weighted by Crippen LogP contribution is -2.43. The smallest absolute Gasteiger partial charge is 0.0952 e. The van der Waals surface area contributed by atoms with Gasteiger partial charge in [-0.3, -0.25) is 5.32 Å². The van der Waals surface area contributed by atoms with Gasteiger partial charge in [0.25, 0.3) is 0 Å². The Bertz CT molecular complexity index is 203. The van der Waals surface area contributed by atoms with E-state index in [0.29, 0.717) is 11.5 Å². The van der Waals surface area contributed by atoms with Crippen LogP contribution in [0.3, 0.4) is 0 Å². The maximum Gasteiger partial charge on any atom is 0.0952 e. The van der Waals surface area contributed by atoms with E-state index in [1.165, 1.54) is 19.3 Å². The van der Waals surface area contributed by atoms with Crippen LogP contribution >= 0.6 is 0 Å². The van der Waals surface area contributed by atoms with Gasteiger partial charge in [0.05, 0.1) is 12.1 Å². The third-order valence-electron chi connectivity index (χ3n) is 3.22. The second-order valence-electron chi connectivity index (χ2n) is 4.69. The normalized spacial score (nSPS) is 28.3. The minimum atomic E-state index is 0.0439. The number of nitrogens with zero attached hydrogens (tertiary/aromatic N) is 1. The van der Waals surface area contributed by atoms with Crippen molar-refractivity contribution in [3.63, 3.8) is 0 Å². The van der Waals surface area contributed by atoms with E-state index >= 15 is 0 Å². The van der Waals surface area contributed by atoms with Crippen LogP contribution < -0.4 is 5.32 Å². The number of hydrogen-bond acceptors (Lipinski definition) is 2. The van der Waals surface area contributed by atoms with Crippen LogP contribution in [0, 0.1) is 16.7 Å². The molecule has 74 valence electrons. The standard InChI is InChI=1S/C11H20N2/c1-4-9(8-12)13-10-6-5-7-11(10,2)3/h9-10,13H,4-7H2,1-3H3. The van der Waals surface area contributed by atoms with Gasteiger partial charge in [0.15, 0.2) is 0 Å². The summed E-state index contributed by atoms with van der Waals surface area (Å²) in [7, 11) is 0. The van der Waals surface area contributed by atoms with E-state index < -0.39 is 0 Å². The number of hydrogen-bond donors (Lipinski definition) is 1. The molecule has 0 spiro atoms. The van der Waals surface area contributed by atoms with Crippen LogP contribution in [0.25, 0.3) is 0 Å². The first-order chi connectivity index (χ1) is 6.10. The van der Waals surface area contributed by atoms with Gasteiger partial charge in [0.2, 0.25) is 0 Å². The predicted octanol–water partition coefficient (Wildman–Crippen LogP) is 2.46. The van der Waals surface area contributed by atoms with Crippen molar-refractivity contribution < 1.29 is 0 Å². The molecule has 1 fully saturated rings. The van der Waals surface area contributed by atoms with Gasteiger partial charge in [0, 0.05) is 6.04 Å². The quantitative estimate of drug-likeness (QED) is 0.724. The molecule has 1 N–H and O–H groups in total. The maximum atomic E-state index is 8.84. The average molecular weight is 180 g/mol. The van der Waals surface area contributed by atoms with E-state index in [-0.39, 0.29) is 6.04 Å². The van der Waals surface area contributed by atoms with Crippen molar-refractivity contribution in [1.82, 2.24) is 5.32 Å². The minimum Gasteiger partial charge on any atom is -0.299 e. The first-order valence-electron chi connectivity index (χ1n) is 5.26. The molecule has 0 heterocycles. The molecule has 0 aliphatic heterocycles. The van der Waals surface area contributed by atoms with Crippen molar-refractivity contribution in [2.45, 2.75) is 58.5 Å². The number of nitriles is 1. The SMILES string of the molecule is CCC(C#N)NC1CCCC1(C)C. The molecule has 0 aromatic heterocycles. The van der Waals surface area contributed by atoms with Crippen LogP contribution in [0.15, 0.2) is 0 Å². The first-order valence-corrected chi connectivity index (χ1v) is 5.26. The molecule has 0 radical (unpaired) electrons. The maximum absolute atomic E-state index is 8.84. The van der Waals surface area contributed by atoms with Gasteiger partial charge >= 0.3 is 0 Å². The highest BCUT2D eigenvalue weighted by atomic mass is 15.0. The molecule has 1 rings (SSSR count). The Kier molecular flexibility index (Phi) is 3.33. The molecule has 13 heavy (non-hydrogen) atoms. The van der Waals surface area contributed by atoms with Gasteiger partial charge < -0.3 is 0 Å². The summed E-state index contributed by atoms with van der Waals surface area (Å²) in [5.41, 5.74) is 0.379. The summed E-state index contributed by atoms with van der Waals surface area (Å²) in [6.45, 7) is 6.65. The molecule has 0 aromatic carbocycles. The summed E-state index contributed by atoms with van der Waals surface area (Å²) in [6, 6.07) is 2.89. The molecular weight excluding hydrogens is 160 g/mol. The Morgan fingerprint density at radius 3 is 2.69 bits per heavy atom. The fourth-order valence-corrected chi connectivity index (χ4v) is 2.12. The van der Waals surface area contributed by atoms with Gasteiger partial charge in [-0.1, -0.05) is 27.2 Å². The lowest BCUT2D eigenvalue weighted by atomic mass is 9.87. The van der Waals surface area contributed by atoms with E-state index in [9.17, 15) is 0 Å². The van der Waals surface area contributed by atoms with Crippen molar-refractivity contribution in [3.05, 3.63) is 0 Å². The molecular formula is C11H20N2. The molecule has 2 atom stereocenters. The van der Waals surface area contributed by atoms with Crippen molar-refractivity contribution >= 4 is 0 Å². The Labute approximate surface area is 81.3 Å². The highest BCUT2D eigenvalue weighted by molar-refractivity contribution is 4.97. The highest BCUT2D eigenvalue weighted by Crippen LogP contribution is 2.37. The zero-order valence-electron chi connectivity index (χ0n) is 8.93. The van der Waals surface area contributed by atoms with Gasteiger partial charge in [-0.25, -0.2) is 0 Å². The van der Waals surface area contributed by atoms with Crippen LogP contribution in [-0.2, 0) is 0 Å². The molecule has 1 aliphatic rings. The summed E-state index contributed by atoms with van der Waals surface area (Å²) in [5.74, 6) is 0. The third kappa shape index (κ3) is 2.45. The van der Waals surface area contributed by atoms with Crippen LogP contribution in [0.4, 0.5) is 0 Å². The van der Waals surface area contributed by atoms with Crippen molar-refractivity contribution in [2.75, 3.05) is 0 Å². The number of rotatable bonds is 3. The van der Waals surface area contributed by atoms with Gasteiger partial charge in [-0.2, -0.15) is 5.26 Å². The zero-order valence-corrected chi connectivity index (χ0v) is 8.93. The lowest BCUT2D eigenvalue weighted by Gasteiger charge is -2.29.